The van der Waals surface area contributed by atoms with Crippen LogP contribution in [-0.2, 0) is 16.0 Å². The molecule has 0 radical (unpaired) electrons. The Labute approximate surface area is 134 Å². The van der Waals surface area contributed by atoms with Gasteiger partial charge in [-0.1, -0.05) is 12.7 Å². The molecule has 0 bridgehead atoms. The molecule has 0 saturated carbocycles. The third kappa shape index (κ3) is 5.67. The van der Waals surface area contributed by atoms with Crippen LogP contribution in [-0.4, -0.2) is 40.8 Å². The van der Waals surface area contributed by atoms with Crippen LogP contribution in [0.3, 0.4) is 0 Å². The zero-order valence-corrected chi connectivity index (χ0v) is 14.2. The number of ether oxygens (including phenoxy) is 4. The number of benzene rings is 1. The lowest BCUT2D eigenvalue weighted by atomic mass is 10.2. The normalized spacial score (nSPS) is 10.7. The number of rotatable bonds is 10. The third-order valence-electron chi connectivity index (χ3n) is 2.80. The summed E-state index contributed by atoms with van der Waals surface area (Å²) in [6, 6.07) is 3.92. The van der Waals surface area contributed by atoms with E-state index in [9.17, 15) is 0 Å². The van der Waals surface area contributed by atoms with Crippen molar-refractivity contribution in [3.8, 4) is 11.5 Å². The van der Waals surface area contributed by atoms with Gasteiger partial charge >= 0.3 is 0 Å². The zero-order valence-electron chi connectivity index (χ0n) is 12.6. The van der Waals surface area contributed by atoms with E-state index in [1.807, 2.05) is 12.1 Å². The van der Waals surface area contributed by atoms with Gasteiger partial charge in [0.15, 0.2) is 17.8 Å². The van der Waals surface area contributed by atoms with E-state index < -0.39 is 0 Å². The summed E-state index contributed by atoms with van der Waals surface area (Å²) in [7, 11) is 4.84. The number of hydrogen-bond donors (Lipinski definition) is 1. The minimum atomic E-state index is -0.259. The van der Waals surface area contributed by atoms with E-state index in [0.717, 1.165) is 10.0 Å². The zero-order chi connectivity index (χ0) is 15.7. The summed E-state index contributed by atoms with van der Waals surface area (Å²) in [4.78, 5) is 0. The second-order valence-electron chi connectivity index (χ2n) is 4.24. The first-order chi connectivity index (χ1) is 10.2. The first-order valence-electron chi connectivity index (χ1n) is 6.52. The van der Waals surface area contributed by atoms with Crippen LogP contribution in [0, 0.1) is 0 Å². The molecule has 0 unspecified atom stereocenters. The predicted octanol–water partition coefficient (Wildman–Crippen LogP) is 2.73. The molecule has 0 amide bonds. The first-order valence-corrected chi connectivity index (χ1v) is 7.32. The smallest absolute Gasteiger partial charge is 0.175 e. The molecule has 0 atom stereocenters. The van der Waals surface area contributed by atoms with Gasteiger partial charge in [0.05, 0.1) is 11.6 Å². The van der Waals surface area contributed by atoms with E-state index in [4.69, 9.17) is 18.9 Å². The molecule has 6 heteroatoms. The predicted molar refractivity (Wildman–Crippen MR) is 85.9 cm³/mol. The summed E-state index contributed by atoms with van der Waals surface area (Å²) >= 11 is 3.50. The van der Waals surface area contributed by atoms with E-state index in [1.165, 1.54) is 0 Å². The van der Waals surface area contributed by atoms with E-state index in [1.54, 1.807) is 27.4 Å². The molecular formula is C15H22BrNO4. The molecule has 118 valence electrons. The third-order valence-corrected chi connectivity index (χ3v) is 3.39. The average molecular weight is 360 g/mol. The molecule has 0 aromatic heterocycles. The summed E-state index contributed by atoms with van der Waals surface area (Å²) in [5, 5.41) is 3.26. The highest BCUT2D eigenvalue weighted by atomic mass is 79.9. The lowest BCUT2D eigenvalue weighted by Crippen LogP contribution is -2.29. The van der Waals surface area contributed by atoms with Crippen molar-refractivity contribution >= 4 is 15.9 Å². The maximum Gasteiger partial charge on any atom is 0.175 e. The van der Waals surface area contributed by atoms with Crippen molar-refractivity contribution in [2.75, 3.05) is 34.5 Å². The van der Waals surface area contributed by atoms with Gasteiger partial charge in [0.25, 0.3) is 0 Å². The van der Waals surface area contributed by atoms with E-state index in [0.29, 0.717) is 31.2 Å². The maximum atomic E-state index is 5.59. The quantitative estimate of drug-likeness (QED) is 0.514. The fourth-order valence-electron chi connectivity index (χ4n) is 1.75. The van der Waals surface area contributed by atoms with E-state index in [-0.39, 0.29) is 6.29 Å². The highest BCUT2D eigenvalue weighted by molar-refractivity contribution is 9.10. The van der Waals surface area contributed by atoms with Crippen LogP contribution < -0.4 is 14.8 Å². The van der Waals surface area contributed by atoms with Crippen LogP contribution in [0.1, 0.15) is 5.56 Å². The Hall–Kier alpha value is -1.08. The molecule has 21 heavy (non-hydrogen) atoms. The largest absolute Gasteiger partial charge is 0.493 e. The van der Waals surface area contributed by atoms with E-state index in [2.05, 4.69) is 27.8 Å². The number of nitrogens with one attached hydrogen (secondary N) is 1. The Morgan fingerprint density at radius 1 is 1.29 bits per heavy atom. The fraction of sp³-hybridized carbons (Fsp3) is 0.467. The minimum absolute atomic E-state index is 0.259. The Kier molecular flexibility index (Phi) is 8.37. The van der Waals surface area contributed by atoms with Gasteiger partial charge in [-0.05, 0) is 33.6 Å². The first kappa shape index (κ1) is 18.0. The molecule has 0 aliphatic carbocycles. The van der Waals surface area contributed by atoms with Crippen LogP contribution in [0.4, 0.5) is 0 Å². The summed E-state index contributed by atoms with van der Waals surface area (Å²) in [6.07, 6.45) is 1.43. The van der Waals surface area contributed by atoms with Gasteiger partial charge in [-0.2, -0.15) is 0 Å². The molecule has 0 heterocycles. The van der Waals surface area contributed by atoms with Crippen molar-refractivity contribution in [3.05, 3.63) is 34.8 Å². The van der Waals surface area contributed by atoms with Crippen molar-refractivity contribution in [2.24, 2.45) is 0 Å². The molecule has 5 nitrogen and oxygen atoms in total. The topological polar surface area (TPSA) is 49.0 Å². The van der Waals surface area contributed by atoms with Gasteiger partial charge in [-0.25, -0.2) is 0 Å². The standard InChI is InChI=1S/C15H22BrNO4/c1-5-6-21-15-12(16)7-11(8-13(15)18-2)9-17-10-14(19-3)20-4/h5,7-8,14,17H,1,6,9-10H2,2-4H3. The van der Waals surface area contributed by atoms with Gasteiger partial charge in [-0.3, -0.25) is 0 Å². The number of methoxy groups -OCH3 is 3. The van der Waals surface area contributed by atoms with Crippen LogP contribution in [0.2, 0.25) is 0 Å². The van der Waals surface area contributed by atoms with E-state index >= 15 is 0 Å². The van der Waals surface area contributed by atoms with Gasteiger partial charge in [0, 0.05) is 27.3 Å². The molecule has 0 aliphatic rings. The van der Waals surface area contributed by atoms with Gasteiger partial charge in [0.2, 0.25) is 0 Å². The lowest BCUT2D eigenvalue weighted by molar-refractivity contribution is -0.0989. The molecule has 0 spiro atoms. The molecule has 1 aromatic carbocycles. The SMILES string of the molecule is C=CCOc1c(Br)cc(CNCC(OC)OC)cc1OC. The summed E-state index contributed by atoms with van der Waals surface area (Å²) in [5.74, 6) is 1.35. The second-order valence-corrected chi connectivity index (χ2v) is 5.09. The van der Waals surface area contributed by atoms with Crippen molar-refractivity contribution in [2.45, 2.75) is 12.8 Å². The van der Waals surface area contributed by atoms with Crippen molar-refractivity contribution in [3.63, 3.8) is 0 Å². The highest BCUT2D eigenvalue weighted by Gasteiger charge is 2.12. The summed E-state index contributed by atoms with van der Waals surface area (Å²) in [5.41, 5.74) is 1.07. The molecule has 1 rings (SSSR count). The Balaban J connectivity index is 2.71. The van der Waals surface area contributed by atoms with Gasteiger partial charge in [-0.15, -0.1) is 0 Å². The lowest BCUT2D eigenvalue weighted by Gasteiger charge is -2.16. The van der Waals surface area contributed by atoms with Gasteiger partial charge in [0.1, 0.15) is 6.61 Å². The maximum absolute atomic E-state index is 5.59. The van der Waals surface area contributed by atoms with Crippen molar-refractivity contribution < 1.29 is 18.9 Å². The second kappa shape index (κ2) is 9.78. The number of hydrogen-bond acceptors (Lipinski definition) is 5. The minimum Gasteiger partial charge on any atom is -0.493 e. The summed E-state index contributed by atoms with van der Waals surface area (Å²) in [6.45, 7) is 5.33. The fourth-order valence-corrected chi connectivity index (χ4v) is 2.36. The molecule has 1 aromatic rings. The van der Waals surface area contributed by atoms with Crippen LogP contribution in [0.5, 0.6) is 11.5 Å². The Morgan fingerprint density at radius 3 is 2.57 bits per heavy atom. The summed E-state index contributed by atoms with van der Waals surface area (Å²) < 4.78 is 22.0. The molecular weight excluding hydrogens is 338 g/mol. The van der Waals surface area contributed by atoms with Crippen molar-refractivity contribution in [1.29, 1.82) is 0 Å². The van der Waals surface area contributed by atoms with Crippen LogP contribution in [0.25, 0.3) is 0 Å². The average Bonchev–Trinajstić information content (AvgIpc) is 2.50. The number of halogens is 1. The Morgan fingerprint density at radius 2 is 2.00 bits per heavy atom. The van der Waals surface area contributed by atoms with Crippen LogP contribution >= 0.6 is 15.9 Å². The molecule has 0 saturated heterocycles. The van der Waals surface area contributed by atoms with Crippen LogP contribution in [0.15, 0.2) is 29.3 Å². The molecule has 0 fully saturated rings. The molecule has 1 N–H and O–H groups in total. The highest BCUT2D eigenvalue weighted by Crippen LogP contribution is 2.36. The molecule has 0 aliphatic heterocycles. The van der Waals surface area contributed by atoms with Crippen molar-refractivity contribution in [1.82, 2.24) is 5.32 Å². The Bertz CT molecular complexity index is 450. The van der Waals surface area contributed by atoms with Gasteiger partial charge < -0.3 is 24.3 Å². The monoisotopic (exact) mass is 359 g/mol.